The molecule has 6 heteroatoms. The quantitative estimate of drug-likeness (QED) is 0.869. The number of pyridine rings is 1. The summed E-state index contributed by atoms with van der Waals surface area (Å²) in [5.74, 6) is 0.992. The molecule has 0 radical (unpaired) electrons. The van der Waals surface area contributed by atoms with Crippen molar-refractivity contribution < 1.29 is 9.47 Å². The van der Waals surface area contributed by atoms with Crippen LogP contribution in [-0.2, 0) is 11.3 Å². The van der Waals surface area contributed by atoms with E-state index in [1.807, 2.05) is 24.5 Å². The fraction of sp³-hybridized carbons (Fsp3) is 0.500. The molecule has 2 rings (SSSR count). The summed E-state index contributed by atoms with van der Waals surface area (Å²) in [6, 6.07) is 3.61. The van der Waals surface area contributed by atoms with Gasteiger partial charge >= 0.3 is 0 Å². The molecule has 0 aromatic carbocycles. The van der Waals surface area contributed by atoms with E-state index in [9.17, 15) is 0 Å². The number of nitrogen functional groups attached to an aromatic ring is 1. The van der Waals surface area contributed by atoms with E-state index in [1.165, 1.54) is 0 Å². The molecule has 0 aliphatic heterocycles. The molecule has 2 aromatic heterocycles. The fourth-order valence-corrected chi connectivity index (χ4v) is 1.72. The van der Waals surface area contributed by atoms with E-state index in [1.54, 1.807) is 13.2 Å². The highest BCUT2D eigenvalue weighted by Crippen LogP contribution is 2.19. The van der Waals surface area contributed by atoms with Crippen LogP contribution in [0.5, 0.6) is 5.88 Å². The maximum Gasteiger partial charge on any atom is 0.215 e. The summed E-state index contributed by atoms with van der Waals surface area (Å²) in [7, 11) is 1.58. The molecule has 0 amide bonds. The normalized spacial score (nSPS) is 11.3. The van der Waals surface area contributed by atoms with Crippen molar-refractivity contribution in [1.29, 1.82) is 0 Å². The summed E-state index contributed by atoms with van der Waals surface area (Å²) in [6.07, 6.45) is 0.198. The van der Waals surface area contributed by atoms with Crippen LogP contribution in [0.1, 0.15) is 13.8 Å². The second kappa shape index (κ2) is 5.22. The van der Waals surface area contributed by atoms with Crippen LogP contribution in [0.25, 0.3) is 11.2 Å². The number of fused-ring (bicyclic) bond motifs is 1. The summed E-state index contributed by atoms with van der Waals surface area (Å²) in [5, 5.41) is 0. The highest BCUT2D eigenvalue weighted by molar-refractivity contribution is 5.74. The predicted molar refractivity (Wildman–Crippen MR) is 69.6 cm³/mol. The Bertz CT molecular complexity index is 536. The van der Waals surface area contributed by atoms with Crippen molar-refractivity contribution >= 4 is 17.1 Å². The lowest BCUT2D eigenvalue weighted by Crippen LogP contribution is -2.12. The van der Waals surface area contributed by atoms with Crippen molar-refractivity contribution in [2.45, 2.75) is 26.5 Å². The third kappa shape index (κ3) is 2.53. The molecular weight excluding hydrogens is 232 g/mol. The summed E-state index contributed by atoms with van der Waals surface area (Å²) in [4.78, 5) is 8.61. The van der Waals surface area contributed by atoms with Gasteiger partial charge in [0.15, 0.2) is 5.65 Å². The summed E-state index contributed by atoms with van der Waals surface area (Å²) < 4.78 is 12.5. The Morgan fingerprint density at radius 1 is 1.33 bits per heavy atom. The highest BCUT2D eigenvalue weighted by atomic mass is 16.5. The second-order valence-corrected chi connectivity index (χ2v) is 4.24. The minimum Gasteiger partial charge on any atom is -0.481 e. The van der Waals surface area contributed by atoms with Crippen LogP contribution in [0.3, 0.4) is 0 Å². The van der Waals surface area contributed by atoms with Gasteiger partial charge in [-0.3, -0.25) is 4.57 Å². The Kier molecular flexibility index (Phi) is 3.66. The number of hydrogen-bond acceptors (Lipinski definition) is 5. The summed E-state index contributed by atoms with van der Waals surface area (Å²) >= 11 is 0. The van der Waals surface area contributed by atoms with Crippen LogP contribution in [0.2, 0.25) is 0 Å². The second-order valence-electron chi connectivity index (χ2n) is 4.24. The number of nitrogens with zero attached hydrogens (tertiary/aromatic N) is 3. The Labute approximate surface area is 106 Å². The number of nitrogens with two attached hydrogens (primary N) is 1. The van der Waals surface area contributed by atoms with Gasteiger partial charge in [0.2, 0.25) is 11.8 Å². The van der Waals surface area contributed by atoms with Gasteiger partial charge < -0.3 is 15.2 Å². The van der Waals surface area contributed by atoms with Crippen molar-refractivity contribution in [1.82, 2.24) is 14.5 Å². The molecule has 18 heavy (non-hydrogen) atoms. The van der Waals surface area contributed by atoms with Gasteiger partial charge in [-0.2, -0.15) is 4.98 Å². The van der Waals surface area contributed by atoms with E-state index in [4.69, 9.17) is 15.2 Å². The largest absolute Gasteiger partial charge is 0.481 e. The minimum atomic E-state index is 0.198. The van der Waals surface area contributed by atoms with Crippen LogP contribution < -0.4 is 10.5 Å². The van der Waals surface area contributed by atoms with E-state index in [2.05, 4.69) is 9.97 Å². The Balaban J connectivity index is 2.27. The number of methoxy groups -OCH3 is 1. The van der Waals surface area contributed by atoms with Gasteiger partial charge in [0.25, 0.3) is 0 Å². The van der Waals surface area contributed by atoms with Gasteiger partial charge in [-0.25, -0.2) is 4.98 Å². The molecule has 0 aliphatic carbocycles. The van der Waals surface area contributed by atoms with Crippen LogP contribution in [0, 0.1) is 0 Å². The van der Waals surface area contributed by atoms with E-state index >= 15 is 0 Å². The molecule has 2 heterocycles. The SMILES string of the molecule is COc1ccc2nc(N)n(CCOC(C)C)c2n1. The smallest absolute Gasteiger partial charge is 0.215 e. The van der Waals surface area contributed by atoms with E-state index in [0.717, 1.165) is 11.2 Å². The molecule has 0 atom stereocenters. The maximum atomic E-state index is 5.88. The predicted octanol–water partition coefficient (Wildman–Crippen LogP) is 1.45. The van der Waals surface area contributed by atoms with Crippen LogP contribution >= 0.6 is 0 Å². The molecular formula is C12H18N4O2. The Morgan fingerprint density at radius 3 is 2.78 bits per heavy atom. The molecule has 0 aliphatic rings. The lowest BCUT2D eigenvalue weighted by Gasteiger charge is -2.09. The van der Waals surface area contributed by atoms with E-state index in [0.29, 0.717) is 25.0 Å². The molecule has 0 fully saturated rings. The molecule has 98 valence electrons. The first kappa shape index (κ1) is 12.6. The summed E-state index contributed by atoms with van der Waals surface area (Å²) in [6.45, 7) is 5.19. The standard InChI is InChI=1S/C12H18N4O2/c1-8(2)18-7-6-16-11-9(14-12(16)13)4-5-10(15-11)17-3/h4-5,8H,6-7H2,1-3H3,(H2,13,14). The number of ether oxygens (including phenoxy) is 2. The lowest BCUT2D eigenvalue weighted by atomic mass is 10.4. The Morgan fingerprint density at radius 2 is 2.11 bits per heavy atom. The van der Waals surface area contributed by atoms with Crippen molar-refractivity contribution in [2.24, 2.45) is 0 Å². The van der Waals surface area contributed by atoms with Crippen molar-refractivity contribution in [3.63, 3.8) is 0 Å². The third-order valence-electron chi connectivity index (χ3n) is 2.57. The van der Waals surface area contributed by atoms with Crippen molar-refractivity contribution in [2.75, 3.05) is 19.5 Å². The number of hydrogen-bond donors (Lipinski definition) is 1. The average molecular weight is 250 g/mol. The zero-order chi connectivity index (χ0) is 13.1. The molecule has 0 saturated carbocycles. The first-order valence-electron chi connectivity index (χ1n) is 5.90. The maximum absolute atomic E-state index is 5.88. The number of rotatable bonds is 5. The van der Waals surface area contributed by atoms with Gasteiger partial charge in [0.05, 0.1) is 26.4 Å². The number of aromatic nitrogens is 3. The van der Waals surface area contributed by atoms with Crippen molar-refractivity contribution in [3.05, 3.63) is 12.1 Å². The van der Waals surface area contributed by atoms with Gasteiger partial charge in [-0.1, -0.05) is 0 Å². The first-order chi connectivity index (χ1) is 8.61. The molecule has 0 saturated heterocycles. The monoisotopic (exact) mass is 250 g/mol. The van der Waals surface area contributed by atoms with Crippen LogP contribution in [-0.4, -0.2) is 34.4 Å². The molecule has 6 nitrogen and oxygen atoms in total. The van der Waals surface area contributed by atoms with Gasteiger partial charge in [-0.05, 0) is 19.9 Å². The van der Waals surface area contributed by atoms with Gasteiger partial charge in [0.1, 0.15) is 5.52 Å². The van der Waals surface area contributed by atoms with Crippen molar-refractivity contribution in [3.8, 4) is 5.88 Å². The Hall–Kier alpha value is -1.82. The van der Waals surface area contributed by atoms with E-state index < -0.39 is 0 Å². The zero-order valence-corrected chi connectivity index (χ0v) is 10.9. The first-order valence-corrected chi connectivity index (χ1v) is 5.90. The average Bonchev–Trinajstić information content (AvgIpc) is 2.64. The van der Waals surface area contributed by atoms with Crippen LogP contribution in [0.15, 0.2) is 12.1 Å². The lowest BCUT2D eigenvalue weighted by molar-refractivity contribution is 0.0735. The number of imidazole rings is 1. The molecule has 2 aromatic rings. The van der Waals surface area contributed by atoms with Gasteiger partial charge in [0, 0.05) is 6.07 Å². The highest BCUT2D eigenvalue weighted by Gasteiger charge is 2.10. The summed E-state index contributed by atoms with van der Waals surface area (Å²) in [5.41, 5.74) is 7.36. The van der Waals surface area contributed by atoms with Crippen LogP contribution in [0.4, 0.5) is 5.95 Å². The van der Waals surface area contributed by atoms with Gasteiger partial charge in [-0.15, -0.1) is 0 Å². The minimum absolute atomic E-state index is 0.198. The third-order valence-corrected chi connectivity index (χ3v) is 2.57. The number of anilines is 1. The molecule has 0 spiro atoms. The fourth-order valence-electron chi connectivity index (χ4n) is 1.72. The zero-order valence-electron chi connectivity index (χ0n) is 10.9. The molecule has 0 bridgehead atoms. The van der Waals surface area contributed by atoms with E-state index in [-0.39, 0.29) is 6.10 Å². The topological polar surface area (TPSA) is 75.2 Å². The molecule has 0 unspecified atom stereocenters. The molecule has 2 N–H and O–H groups in total.